The lowest BCUT2D eigenvalue weighted by Crippen LogP contribution is -2.36. The lowest BCUT2D eigenvalue weighted by atomic mass is 10.1. The number of nitrogens with one attached hydrogen (secondary N) is 1. The van der Waals surface area contributed by atoms with Gasteiger partial charge in [-0.1, -0.05) is 41.9 Å². The fraction of sp³-hybridized carbons (Fsp3) is 0.176. The summed E-state index contributed by atoms with van der Waals surface area (Å²) in [5, 5.41) is 2.48. The molecule has 4 nitrogen and oxygen atoms in total. The van der Waals surface area contributed by atoms with Crippen molar-refractivity contribution in [3.63, 3.8) is 0 Å². The molecule has 0 aliphatic heterocycles. The van der Waals surface area contributed by atoms with Crippen LogP contribution in [0.15, 0.2) is 54.6 Å². The highest BCUT2D eigenvalue weighted by atomic mass is 35.5. The van der Waals surface area contributed by atoms with Crippen LogP contribution in [0.1, 0.15) is 27.6 Å². The van der Waals surface area contributed by atoms with E-state index in [0.717, 1.165) is 0 Å². The SMILES string of the molecule is CCOc1ccc(C(=O)N[C@H](Cl)C(=O)c2ccccc2)cc1. The molecular formula is C17H16ClNO3. The highest BCUT2D eigenvalue weighted by molar-refractivity contribution is 6.34. The van der Waals surface area contributed by atoms with E-state index in [1.54, 1.807) is 54.6 Å². The number of amides is 1. The Morgan fingerprint density at radius 2 is 1.68 bits per heavy atom. The number of hydrogen-bond acceptors (Lipinski definition) is 3. The zero-order valence-corrected chi connectivity index (χ0v) is 12.8. The van der Waals surface area contributed by atoms with Crippen LogP contribution in [0.4, 0.5) is 0 Å². The maximum absolute atomic E-state index is 12.1. The van der Waals surface area contributed by atoms with E-state index >= 15 is 0 Å². The van der Waals surface area contributed by atoms with Crippen LogP contribution in [-0.4, -0.2) is 23.8 Å². The summed E-state index contributed by atoms with van der Waals surface area (Å²) >= 11 is 5.99. The van der Waals surface area contributed by atoms with E-state index in [0.29, 0.717) is 23.5 Å². The maximum atomic E-state index is 12.1. The molecule has 1 N–H and O–H groups in total. The fourth-order valence-electron chi connectivity index (χ4n) is 1.88. The molecule has 22 heavy (non-hydrogen) atoms. The Bertz CT molecular complexity index is 641. The van der Waals surface area contributed by atoms with E-state index in [4.69, 9.17) is 16.3 Å². The lowest BCUT2D eigenvalue weighted by molar-refractivity contribution is 0.0889. The van der Waals surface area contributed by atoms with Crippen molar-refractivity contribution >= 4 is 23.3 Å². The smallest absolute Gasteiger partial charge is 0.252 e. The third-order valence-corrected chi connectivity index (χ3v) is 3.28. The summed E-state index contributed by atoms with van der Waals surface area (Å²) in [6, 6.07) is 15.2. The number of hydrogen-bond donors (Lipinski definition) is 1. The van der Waals surface area contributed by atoms with E-state index < -0.39 is 11.4 Å². The van der Waals surface area contributed by atoms with Crippen molar-refractivity contribution in [3.05, 3.63) is 65.7 Å². The molecule has 2 aromatic rings. The van der Waals surface area contributed by atoms with Crippen LogP contribution >= 0.6 is 11.6 Å². The molecule has 0 saturated heterocycles. The summed E-state index contributed by atoms with van der Waals surface area (Å²) in [6.45, 7) is 2.44. The van der Waals surface area contributed by atoms with Crippen LogP contribution in [0.3, 0.4) is 0 Å². The minimum Gasteiger partial charge on any atom is -0.494 e. The van der Waals surface area contributed by atoms with E-state index in [1.807, 2.05) is 6.92 Å². The molecule has 0 spiro atoms. The zero-order valence-electron chi connectivity index (χ0n) is 12.1. The number of Topliss-reactive ketones (excluding diaryl/α,β-unsaturated/α-hetero) is 1. The van der Waals surface area contributed by atoms with Crippen LogP contribution in [-0.2, 0) is 0 Å². The first kappa shape index (κ1) is 16.0. The second kappa shape index (κ2) is 7.61. The second-order valence-electron chi connectivity index (χ2n) is 4.52. The number of halogens is 1. The molecule has 114 valence electrons. The van der Waals surface area contributed by atoms with Crippen molar-refractivity contribution in [2.24, 2.45) is 0 Å². The zero-order chi connectivity index (χ0) is 15.9. The van der Waals surface area contributed by atoms with Gasteiger partial charge in [-0.25, -0.2) is 0 Å². The topological polar surface area (TPSA) is 55.4 Å². The number of rotatable bonds is 6. The molecule has 0 aromatic heterocycles. The summed E-state index contributed by atoms with van der Waals surface area (Å²) in [5.74, 6) is -0.0734. The molecule has 0 radical (unpaired) electrons. The Hall–Kier alpha value is -2.33. The first-order valence-electron chi connectivity index (χ1n) is 6.89. The van der Waals surface area contributed by atoms with Crippen molar-refractivity contribution in [2.45, 2.75) is 12.4 Å². The third-order valence-electron chi connectivity index (χ3n) is 2.97. The molecule has 1 amide bonds. The Morgan fingerprint density at radius 1 is 1.05 bits per heavy atom. The number of ketones is 1. The minimum absolute atomic E-state index is 0.346. The average molecular weight is 318 g/mol. The van der Waals surface area contributed by atoms with Crippen molar-refractivity contribution in [2.75, 3.05) is 6.61 Å². The monoisotopic (exact) mass is 317 g/mol. The van der Waals surface area contributed by atoms with Gasteiger partial charge in [-0.15, -0.1) is 0 Å². The van der Waals surface area contributed by atoms with Gasteiger partial charge in [-0.05, 0) is 31.2 Å². The molecule has 1 atom stereocenters. The summed E-state index contributed by atoms with van der Waals surface area (Å²) in [7, 11) is 0. The Labute approximate surface area is 134 Å². The van der Waals surface area contributed by atoms with Crippen LogP contribution in [0.5, 0.6) is 5.75 Å². The van der Waals surface area contributed by atoms with Gasteiger partial charge in [0.2, 0.25) is 0 Å². The fourth-order valence-corrected chi connectivity index (χ4v) is 2.11. The molecule has 0 unspecified atom stereocenters. The normalized spacial score (nSPS) is 11.5. The van der Waals surface area contributed by atoms with Gasteiger partial charge in [0, 0.05) is 11.1 Å². The van der Waals surface area contributed by atoms with Crippen LogP contribution in [0, 0.1) is 0 Å². The quantitative estimate of drug-likeness (QED) is 0.505. The van der Waals surface area contributed by atoms with Crippen LogP contribution in [0.2, 0.25) is 0 Å². The predicted molar refractivity (Wildman–Crippen MR) is 85.5 cm³/mol. The van der Waals surface area contributed by atoms with Gasteiger partial charge in [-0.2, -0.15) is 0 Å². The first-order valence-corrected chi connectivity index (χ1v) is 7.32. The molecule has 0 saturated carbocycles. The summed E-state index contributed by atoms with van der Waals surface area (Å²) in [4.78, 5) is 24.2. The molecule has 0 heterocycles. The van der Waals surface area contributed by atoms with Gasteiger partial charge in [-0.3, -0.25) is 9.59 Å². The number of carbonyl (C=O) groups excluding carboxylic acids is 2. The highest BCUT2D eigenvalue weighted by Crippen LogP contribution is 2.13. The van der Waals surface area contributed by atoms with Gasteiger partial charge in [0.1, 0.15) is 5.75 Å². The van der Waals surface area contributed by atoms with Crippen molar-refractivity contribution < 1.29 is 14.3 Å². The van der Waals surface area contributed by atoms with E-state index in [-0.39, 0.29) is 5.78 Å². The molecule has 0 fully saturated rings. The molecule has 2 aromatic carbocycles. The Kier molecular flexibility index (Phi) is 5.55. The molecule has 2 rings (SSSR count). The molecular weight excluding hydrogens is 302 g/mol. The number of carbonyl (C=O) groups is 2. The van der Waals surface area contributed by atoms with Gasteiger partial charge in [0.15, 0.2) is 11.3 Å². The van der Waals surface area contributed by atoms with Gasteiger partial charge < -0.3 is 10.1 Å². The summed E-state index contributed by atoms with van der Waals surface area (Å²) in [5.41, 5.74) is -0.245. The van der Waals surface area contributed by atoms with Crippen LogP contribution in [0.25, 0.3) is 0 Å². The Balaban J connectivity index is 2.00. The third kappa shape index (κ3) is 4.09. The number of ether oxygens (including phenoxy) is 1. The predicted octanol–water partition coefficient (Wildman–Crippen LogP) is 3.26. The summed E-state index contributed by atoms with van der Waals surface area (Å²) in [6.07, 6.45) is 0. The highest BCUT2D eigenvalue weighted by Gasteiger charge is 2.19. The van der Waals surface area contributed by atoms with Crippen molar-refractivity contribution in [3.8, 4) is 5.75 Å². The second-order valence-corrected chi connectivity index (χ2v) is 4.96. The maximum Gasteiger partial charge on any atom is 0.252 e. The van der Waals surface area contributed by atoms with Crippen molar-refractivity contribution in [1.29, 1.82) is 0 Å². The first-order chi connectivity index (χ1) is 10.6. The van der Waals surface area contributed by atoms with Crippen LogP contribution < -0.4 is 10.1 Å². The Morgan fingerprint density at radius 3 is 2.27 bits per heavy atom. The number of benzene rings is 2. The van der Waals surface area contributed by atoms with Gasteiger partial charge in [0.25, 0.3) is 5.91 Å². The summed E-state index contributed by atoms with van der Waals surface area (Å²) < 4.78 is 5.31. The van der Waals surface area contributed by atoms with E-state index in [9.17, 15) is 9.59 Å². The van der Waals surface area contributed by atoms with Gasteiger partial charge in [0.05, 0.1) is 6.61 Å². The standard InChI is InChI=1S/C17H16ClNO3/c1-2-22-14-10-8-13(9-11-14)17(21)19-16(18)15(20)12-6-4-3-5-7-12/h3-11,16H,2H2,1H3,(H,19,21)/t16-/m0/s1. The van der Waals surface area contributed by atoms with Gasteiger partial charge >= 0.3 is 0 Å². The average Bonchev–Trinajstić information content (AvgIpc) is 2.55. The molecule has 0 aliphatic carbocycles. The van der Waals surface area contributed by atoms with Crippen molar-refractivity contribution in [1.82, 2.24) is 5.32 Å². The lowest BCUT2D eigenvalue weighted by Gasteiger charge is -2.11. The minimum atomic E-state index is -1.11. The van der Waals surface area contributed by atoms with E-state index in [1.165, 1.54) is 0 Å². The number of alkyl halides is 1. The molecule has 0 aliphatic rings. The largest absolute Gasteiger partial charge is 0.494 e. The van der Waals surface area contributed by atoms with E-state index in [2.05, 4.69) is 5.32 Å². The molecule has 5 heteroatoms. The molecule has 0 bridgehead atoms.